The van der Waals surface area contributed by atoms with Crippen LogP contribution in [0.5, 0.6) is 0 Å². The van der Waals surface area contributed by atoms with E-state index in [-0.39, 0.29) is 24.5 Å². The van der Waals surface area contributed by atoms with E-state index >= 15 is 0 Å². The Morgan fingerprint density at radius 3 is 2.21 bits per heavy atom. The molecule has 0 fully saturated rings. The van der Waals surface area contributed by atoms with Gasteiger partial charge in [0.25, 0.3) is 5.91 Å². The molecule has 3 aromatic rings. The van der Waals surface area contributed by atoms with Crippen molar-refractivity contribution >= 4 is 18.5 Å². The second kappa shape index (κ2) is 8.21. The molecule has 1 aliphatic heterocycles. The third kappa shape index (κ3) is 3.46. The summed E-state index contributed by atoms with van der Waals surface area (Å²) in [4.78, 5) is 16.2. The van der Waals surface area contributed by atoms with E-state index < -0.39 is 0 Å². The number of thiol groups is 1. The first-order valence-electron chi connectivity index (χ1n) is 9.53. The highest BCUT2D eigenvalue weighted by Crippen LogP contribution is 2.43. The highest BCUT2D eigenvalue weighted by atomic mass is 32.1. The first kappa shape index (κ1) is 18.8. The molecule has 4 rings (SSSR count). The maximum absolute atomic E-state index is 13.4. The molecule has 0 saturated carbocycles. The van der Waals surface area contributed by atoms with Gasteiger partial charge in [-0.25, -0.2) is 0 Å². The van der Waals surface area contributed by atoms with Gasteiger partial charge in [0.15, 0.2) is 0 Å². The zero-order valence-electron chi connectivity index (χ0n) is 15.5. The molecule has 0 unspecified atom stereocenters. The van der Waals surface area contributed by atoms with Crippen LogP contribution in [-0.2, 0) is 6.42 Å². The third-order valence-corrected chi connectivity index (χ3v) is 5.91. The molecule has 28 heavy (non-hydrogen) atoms. The zero-order chi connectivity index (χ0) is 19.5. The van der Waals surface area contributed by atoms with Gasteiger partial charge in [0.05, 0.1) is 12.6 Å². The van der Waals surface area contributed by atoms with Crippen molar-refractivity contribution in [1.29, 1.82) is 0 Å². The van der Waals surface area contributed by atoms with Gasteiger partial charge in [-0.2, -0.15) is 0 Å². The van der Waals surface area contributed by atoms with Gasteiger partial charge in [0.1, 0.15) is 0 Å². The summed E-state index contributed by atoms with van der Waals surface area (Å²) in [5.41, 5.74) is 3.75. The van der Waals surface area contributed by atoms with Crippen LogP contribution in [0.15, 0.2) is 83.8 Å². The van der Waals surface area contributed by atoms with E-state index in [4.69, 9.17) is 0 Å². The summed E-state index contributed by atoms with van der Waals surface area (Å²) in [7, 11) is 0. The Hall–Kier alpha value is -2.56. The molecule has 0 radical (unpaired) electrons. The van der Waals surface area contributed by atoms with Gasteiger partial charge in [-0.1, -0.05) is 66.7 Å². The predicted molar refractivity (Wildman–Crippen MR) is 114 cm³/mol. The van der Waals surface area contributed by atoms with Crippen molar-refractivity contribution in [2.75, 3.05) is 13.2 Å². The Labute approximate surface area is 171 Å². The van der Waals surface area contributed by atoms with Crippen molar-refractivity contribution < 1.29 is 9.90 Å². The summed E-state index contributed by atoms with van der Waals surface area (Å²) >= 11 is 4.65. The average Bonchev–Trinajstić information content (AvgIpc) is 2.74. The van der Waals surface area contributed by atoms with Crippen LogP contribution in [0.3, 0.4) is 0 Å². The predicted octanol–water partition coefficient (Wildman–Crippen LogP) is 4.49. The molecule has 0 aliphatic carbocycles. The monoisotopic (exact) mass is 389 g/mol. The van der Waals surface area contributed by atoms with E-state index in [0.717, 1.165) is 22.4 Å². The number of carbonyl (C=O) groups excluding carboxylic acids is 1. The van der Waals surface area contributed by atoms with Crippen LogP contribution in [0.4, 0.5) is 0 Å². The lowest BCUT2D eigenvalue weighted by molar-refractivity contribution is 0.0562. The van der Waals surface area contributed by atoms with Crippen molar-refractivity contribution in [1.82, 2.24) is 4.90 Å². The number of carbonyl (C=O) groups is 1. The molecule has 0 bridgehead atoms. The maximum atomic E-state index is 13.4. The van der Waals surface area contributed by atoms with Gasteiger partial charge in [-0.3, -0.25) is 4.79 Å². The molecule has 1 N–H and O–H groups in total. The van der Waals surface area contributed by atoms with E-state index in [1.807, 2.05) is 71.6 Å². The van der Waals surface area contributed by atoms with Crippen molar-refractivity contribution in [3.63, 3.8) is 0 Å². The first-order valence-corrected chi connectivity index (χ1v) is 9.98. The molecule has 1 aliphatic rings. The van der Waals surface area contributed by atoms with Crippen LogP contribution in [0.25, 0.3) is 0 Å². The smallest absolute Gasteiger partial charge is 0.254 e. The molecular formula is C24H23NO2S. The Bertz CT molecular complexity index is 973. The molecule has 142 valence electrons. The summed E-state index contributed by atoms with van der Waals surface area (Å²) in [6.45, 7) is 0.555. The number of aliphatic hydroxyl groups excluding tert-OH is 1. The van der Waals surface area contributed by atoms with E-state index in [2.05, 4.69) is 24.8 Å². The number of aliphatic hydroxyl groups is 1. The van der Waals surface area contributed by atoms with Gasteiger partial charge in [-0.15, -0.1) is 12.6 Å². The van der Waals surface area contributed by atoms with Gasteiger partial charge in [0, 0.05) is 22.9 Å². The minimum Gasteiger partial charge on any atom is -0.396 e. The van der Waals surface area contributed by atoms with E-state index in [0.29, 0.717) is 12.1 Å². The average molecular weight is 390 g/mol. The number of nitrogens with zero attached hydrogens (tertiary/aromatic N) is 1. The lowest BCUT2D eigenvalue weighted by Gasteiger charge is -2.42. The summed E-state index contributed by atoms with van der Waals surface area (Å²) in [5.74, 6) is -0.171. The molecule has 1 heterocycles. The fraction of sp³-hybridized carbons (Fsp3) is 0.208. The highest BCUT2D eigenvalue weighted by molar-refractivity contribution is 7.80. The number of hydrogen-bond donors (Lipinski definition) is 2. The van der Waals surface area contributed by atoms with E-state index in [9.17, 15) is 9.90 Å². The third-order valence-electron chi connectivity index (χ3n) is 5.50. The Morgan fingerprint density at radius 2 is 1.50 bits per heavy atom. The Morgan fingerprint density at radius 1 is 0.857 bits per heavy atom. The molecule has 0 saturated heterocycles. The lowest BCUT2D eigenvalue weighted by atomic mass is 9.80. The molecule has 4 heteroatoms. The number of fused-ring (bicyclic) bond motifs is 1. The summed E-state index contributed by atoms with van der Waals surface area (Å²) in [6, 6.07) is 25.4. The van der Waals surface area contributed by atoms with Crippen molar-refractivity contribution in [3.8, 4) is 0 Å². The second-order valence-corrected chi connectivity index (χ2v) is 7.60. The lowest BCUT2D eigenvalue weighted by Crippen LogP contribution is -2.44. The number of benzene rings is 3. The molecule has 2 atom stereocenters. The van der Waals surface area contributed by atoms with Gasteiger partial charge < -0.3 is 10.0 Å². The topological polar surface area (TPSA) is 40.5 Å². The zero-order valence-corrected chi connectivity index (χ0v) is 16.4. The molecule has 0 spiro atoms. The Balaban J connectivity index is 1.78. The first-order chi connectivity index (χ1) is 13.7. The summed E-state index contributed by atoms with van der Waals surface area (Å²) in [6.07, 6.45) is 0.762. The van der Waals surface area contributed by atoms with Crippen LogP contribution in [0, 0.1) is 0 Å². The van der Waals surface area contributed by atoms with Gasteiger partial charge in [-0.05, 0) is 35.2 Å². The molecule has 0 aromatic heterocycles. The van der Waals surface area contributed by atoms with Crippen molar-refractivity contribution in [3.05, 3.63) is 101 Å². The SMILES string of the molecule is O=C1c2ccccc2[C@H](CO)[C@@H](c2ccccc2S)N1CCc1ccccc1. The molecule has 1 amide bonds. The van der Waals surface area contributed by atoms with Crippen molar-refractivity contribution in [2.24, 2.45) is 0 Å². The van der Waals surface area contributed by atoms with Crippen LogP contribution >= 0.6 is 12.6 Å². The van der Waals surface area contributed by atoms with Crippen molar-refractivity contribution in [2.45, 2.75) is 23.3 Å². The fourth-order valence-corrected chi connectivity index (χ4v) is 4.43. The Kier molecular flexibility index (Phi) is 5.51. The minimum absolute atomic E-state index is 0.0119. The van der Waals surface area contributed by atoms with Crippen LogP contribution in [0.1, 0.15) is 39.0 Å². The number of rotatable bonds is 5. The largest absolute Gasteiger partial charge is 0.396 e. The molecular weight excluding hydrogens is 366 g/mol. The van der Waals surface area contributed by atoms with E-state index in [1.165, 1.54) is 5.56 Å². The summed E-state index contributed by atoms with van der Waals surface area (Å²) < 4.78 is 0. The summed E-state index contributed by atoms with van der Waals surface area (Å²) in [5, 5.41) is 10.3. The normalized spacial score (nSPS) is 18.8. The fourth-order valence-electron chi connectivity index (χ4n) is 4.14. The van der Waals surface area contributed by atoms with E-state index in [1.54, 1.807) is 0 Å². The van der Waals surface area contributed by atoms with Gasteiger partial charge >= 0.3 is 0 Å². The standard InChI is InChI=1S/C24H23NO2S/c26-16-21-18-10-4-5-11-19(18)24(27)25(15-14-17-8-2-1-3-9-17)23(21)20-12-6-7-13-22(20)28/h1-13,21,23,26,28H,14-16H2/t21-,23+/m0/s1. The van der Waals surface area contributed by atoms with Crippen LogP contribution in [0.2, 0.25) is 0 Å². The number of amides is 1. The van der Waals surface area contributed by atoms with Crippen LogP contribution < -0.4 is 0 Å². The van der Waals surface area contributed by atoms with Crippen LogP contribution in [-0.4, -0.2) is 29.1 Å². The quantitative estimate of drug-likeness (QED) is 0.631. The highest BCUT2D eigenvalue weighted by Gasteiger charge is 2.40. The number of hydrogen-bond acceptors (Lipinski definition) is 3. The van der Waals surface area contributed by atoms with Gasteiger partial charge in [0.2, 0.25) is 0 Å². The minimum atomic E-state index is -0.246. The second-order valence-electron chi connectivity index (χ2n) is 7.11. The molecule has 3 nitrogen and oxygen atoms in total. The molecule has 3 aromatic carbocycles. The maximum Gasteiger partial charge on any atom is 0.254 e.